The maximum atomic E-state index is 12.9. The van der Waals surface area contributed by atoms with E-state index in [1.54, 1.807) is 9.80 Å². The van der Waals surface area contributed by atoms with E-state index in [-0.39, 0.29) is 24.8 Å². The maximum Gasteiger partial charge on any atom is 0.416 e. The van der Waals surface area contributed by atoms with Gasteiger partial charge in [0.25, 0.3) is 5.69 Å². The van der Waals surface area contributed by atoms with Crippen LogP contribution in [0.1, 0.15) is 11.3 Å². The predicted octanol–water partition coefficient (Wildman–Crippen LogP) is 3.34. The number of fused-ring (bicyclic) bond motifs is 1. The Morgan fingerprint density at radius 2 is 1.91 bits per heavy atom. The zero-order valence-corrected chi connectivity index (χ0v) is 17.5. The summed E-state index contributed by atoms with van der Waals surface area (Å²) in [6.07, 6.45) is -0.309. The number of carbonyl (C=O) groups excluding carboxylic acids is 1. The molecule has 9 nitrogen and oxygen atoms in total. The van der Waals surface area contributed by atoms with E-state index in [4.69, 9.17) is 0 Å². The maximum absolute atomic E-state index is 12.9. The number of hydrogen-bond acceptors (Lipinski definition) is 5. The summed E-state index contributed by atoms with van der Waals surface area (Å²) < 4.78 is 40.7. The molecule has 1 fully saturated rings. The lowest BCUT2D eigenvalue weighted by atomic mass is 10.1. The molecular formula is C21H21F3N6O3. The van der Waals surface area contributed by atoms with Crippen molar-refractivity contribution in [3.8, 4) is 0 Å². The highest BCUT2D eigenvalue weighted by Gasteiger charge is 2.34. The van der Waals surface area contributed by atoms with E-state index >= 15 is 0 Å². The normalized spacial score (nSPS) is 14.5. The Morgan fingerprint density at radius 3 is 2.58 bits per heavy atom. The Balaban J connectivity index is 1.32. The molecule has 2 amide bonds. The summed E-state index contributed by atoms with van der Waals surface area (Å²) in [6, 6.07) is 7.93. The van der Waals surface area contributed by atoms with Gasteiger partial charge in [0, 0.05) is 57.6 Å². The number of nitrogens with one attached hydrogen (secondary N) is 1. The van der Waals surface area contributed by atoms with Crippen LogP contribution in [0.2, 0.25) is 0 Å². The number of nitro groups is 1. The molecule has 12 heteroatoms. The van der Waals surface area contributed by atoms with Crippen molar-refractivity contribution in [1.29, 1.82) is 0 Å². The molecule has 1 N–H and O–H groups in total. The second-order valence-electron chi connectivity index (χ2n) is 7.61. The Hall–Kier alpha value is -3.83. The monoisotopic (exact) mass is 462 g/mol. The zero-order valence-electron chi connectivity index (χ0n) is 17.5. The fraction of sp³-hybridized carbons (Fsp3) is 0.333. The number of anilines is 1. The SMILES string of the molecule is O=C(NCCc1cn2ccccc2n1)N1CCN(c2ccc(C(F)(F)F)cc2[N+](=O)[O-])CC1. The minimum Gasteiger partial charge on any atom is -0.362 e. The van der Waals surface area contributed by atoms with E-state index in [9.17, 15) is 28.1 Å². The number of benzene rings is 1. The van der Waals surface area contributed by atoms with Gasteiger partial charge in [0.05, 0.1) is 16.2 Å². The first-order valence-corrected chi connectivity index (χ1v) is 10.3. The van der Waals surface area contributed by atoms with Crippen molar-refractivity contribution >= 4 is 23.1 Å². The smallest absolute Gasteiger partial charge is 0.362 e. The Labute approximate surface area is 186 Å². The summed E-state index contributed by atoms with van der Waals surface area (Å²) in [5.41, 5.74) is 0.116. The highest BCUT2D eigenvalue weighted by molar-refractivity contribution is 5.75. The van der Waals surface area contributed by atoms with E-state index in [2.05, 4.69) is 10.3 Å². The van der Waals surface area contributed by atoms with Crippen LogP contribution in [0.3, 0.4) is 0 Å². The van der Waals surface area contributed by atoms with Crippen LogP contribution >= 0.6 is 0 Å². The van der Waals surface area contributed by atoms with Crippen molar-refractivity contribution in [2.75, 3.05) is 37.6 Å². The molecule has 0 spiro atoms. The van der Waals surface area contributed by atoms with Gasteiger partial charge < -0.3 is 19.5 Å². The first kappa shape index (κ1) is 22.4. The lowest BCUT2D eigenvalue weighted by molar-refractivity contribution is -0.384. The number of pyridine rings is 1. The van der Waals surface area contributed by atoms with Crippen molar-refractivity contribution in [3.05, 3.63) is 70.2 Å². The number of nitro benzene ring substituents is 1. The zero-order chi connectivity index (χ0) is 23.6. The van der Waals surface area contributed by atoms with Crippen LogP contribution in [0, 0.1) is 10.1 Å². The van der Waals surface area contributed by atoms with Crippen LogP contribution in [0.5, 0.6) is 0 Å². The van der Waals surface area contributed by atoms with Gasteiger partial charge in [-0.05, 0) is 24.3 Å². The first-order chi connectivity index (χ1) is 15.7. The standard InChI is InChI=1S/C21H21F3N6O3/c22-21(23,24)15-4-5-17(18(13-15)30(32)33)27-9-11-28(12-10-27)20(31)25-7-6-16-14-29-8-2-1-3-19(29)26-16/h1-5,8,13-14H,6-7,9-12H2,(H,25,31). The molecule has 3 aromatic rings. The molecule has 1 aliphatic heterocycles. The van der Waals surface area contributed by atoms with Crippen LogP contribution in [0.4, 0.5) is 29.3 Å². The topological polar surface area (TPSA) is 96.0 Å². The number of aromatic nitrogens is 2. The molecule has 0 saturated carbocycles. The van der Waals surface area contributed by atoms with E-state index < -0.39 is 22.4 Å². The second-order valence-corrected chi connectivity index (χ2v) is 7.61. The van der Waals surface area contributed by atoms with E-state index in [1.807, 2.05) is 35.0 Å². The van der Waals surface area contributed by atoms with Gasteiger partial charge in [-0.15, -0.1) is 0 Å². The number of rotatable bonds is 5. The minimum atomic E-state index is -4.66. The molecule has 0 atom stereocenters. The highest BCUT2D eigenvalue weighted by atomic mass is 19.4. The van der Waals surface area contributed by atoms with Crippen LogP contribution in [0.15, 0.2) is 48.8 Å². The van der Waals surface area contributed by atoms with E-state index in [0.29, 0.717) is 32.1 Å². The van der Waals surface area contributed by atoms with E-state index in [0.717, 1.165) is 23.5 Å². The number of amides is 2. The van der Waals surface area contributed by atoms with Gasteiger partial charge in [0.15, 0.2) is 0 Å². The van der Waals surface area contributed by atoms with Gasteiger partial charge in [0.1, 0.15) is 11.3 Å². The Morgan fingerprint density at radius 1 is 1.15 bits per heavy atom. The average Bonchev–Trinajstić information content (AvgIpc) is 3.21. The number of nitrogens with zero attached hydrogens (tertiary/aromatic N) is 5. The molecule has 0 unspecified atom stereocenters. The Kier molecular flexibility index (Phi) is 6.07. The summed E-state index contributed by atoms with van der Waals surface area (Å²) in [7, 11) is 0. The molecule has 1 aliphatic rings. The van der Waals surface area contributed by atoms with Crippen molar-refractivity contribution in [3.63, 3.8) is 0 Å². The summed E-state index contributed by atoms with van der Waals surface area (Å²) in [5, 5.41) is 14.2. The van der Waals surface area contributed by atoms with Crippen molar-refractivity contribution in [2.24, 2.45) is 0 Å². The molecule has 2 aromatic heterocycles. The molecule has 174 valence electrons. The molecule has 0 bridgehead atoms. The van der Waals surface area contributed by atoms with Crippen molar-refractivity contribution in [1.82, 2.24) is 19.6 Å². The lowest BCUT2D eigenvalue weighted by Gasteiger charge is -2.35. The largest absolute Gasteiger partial charge is 0.416 e. The number of hydrogen-bond donors (Lipinski definition) is 1. The van der Waals surface area contributed by atoms with Crippen molar-refractivity contribution in [2.45, 2.75) is 12.6 Å². The van der Waals surface area contributed by atoms with Crippen LogP contribution in [-0.2, 0) is 12.6 Å². The minimum absolute atomic E-state index is 0.111. The number of piperazine rings is 1. The third kappa shape index (κ3) is 4.99. The van der Waals surface area contributed by atoms with Gasteiger partial charge in [-0.25, -0.2) is 9.78 Å². The van der Waals surface area contributed by atoms with Gasteiger partial charge in [-0.2, -0.15) is 13.2 Å². The number of urea groups is 1. The molecular weight excluding hydrogens is 441 g/mol. The molecule has 0 radical (unpaired) electrons. The number of halogens is 3. The fourth-order valence-electron chi connectivity index (χ4n) is 3.78. The van der Waals surface area contributed by atoms with Crippen LogP contribution in [-0.4, -0.2) is 58.0 Å². The summed E-state index contributed by atoms with van der Waals surface area (Å²) in [5.74, 6) is 0. The molecule has 1 saturated heterocycles. The van der Waals surface area contributed by atoms with Gasteiger partial charge in [-0.1, -0.05) is 6.07 Å². The number of carbonyl (C=O) groups is 1. The molecule has 3 heterocycles. The van der Waals surface area contributed by atoms with E-state index in [1.165, 1.54) is 0 Å². The summed E-state index contributed by atoms with van der Waals surface area (Å²) >= 11 is 0. The lowest BCUT2D eigenvalue weighted by Crippen LogP contribution is -2.52. The summed E-state index contributed by atoms with van der Waals surface area (Å²) in [6.45, 7) is 1.52. The summed E-state index contributed by atoms with van der Waals surface area (Å²) in [4.78, 5) is 30.7. The first-order valence-electron chi connectivity index (χ1n) is 10.3. The average molecular weight is 462 g/mol. The molecule has 33 heavy (non-hydrogen) atoms. The number of imidazole rings is 1. The Bertz CT molecular complexity index is 1140. The number of alkyl halides is 3. The quantitative estimate of drug-likeness (QED) is 0.464. The molecule has 1 aromatic carbocycles. The van der Waals surface area contributed by atoms with Gasteiger partial charge in [0.2, 0.25) is 0 Å². The third-order valence-electron chi connectivity index (χ3n) is 5.48. The molecule has 4 rings (SSSR count). The predicted molar refractivity (Wildman–Crippen MR) is 114 cm³/mol. The van der Waals surface area contributed by atoms with Gasteiger partial charge in [-0.3, -0.25) is 10.1 Å². The second kappa shape index (κ2) is 8.96. The van der Waals surface area contributed by atoms with Gasteiger partial charge >= 0.3 is 12.2 Å². The third-order valence-corrected chi connectivity index (χ3v) is 5.48. The van der Waals surface area contributed by atoms with Crippen LogP contribution in [0.25, 0.3) is 5.65 Å². The molecule has 0 aliphatic carbocycles. The van der Waals surface area contributed by atoms with Crippen LogP contribution < -0.4 is 10.2 Å². The highest BCUT2D eigenvalue weighted by Crippen LogP contribution is 2.36. The van der Waals surface area contributed by atoms with Crippen molar-refractivity contribution < 1.29 is 22.9 Å². The fourth-order valence-corrected chi connectivity index (χ4v) is 3.78.